The van der Waals surface area contributed by atoms with Crippen molar-refractivity contribution in [3.63, 3.8) is 0 Å². The van der Waals surface area contributed by atoms with Crippen LogP contribution in [-0.2, 0) is 28.5 Å². The van der Waals surface area contributed by atoms with Crippen LogP contribution >= 0.6 is 0 Å². The molecule has 1 amide bonds. The number of hydrogen-bond donors (Lipinski definition) is 0. The smallest absolute Gasteiger partial charge is 0.306 e. The molecule has 0 aromatic carbocycles. The molecule has 7 heteroatoms. The molecule has 1 spiro atoms. The Morgan fingerprint density at radius 1 is 1.02 bits per heavy atom. The van der Waals surface area contributed by atoms with E-state index in [9.17, 15) is 9.59 Å². The average Bonchev–Trinajstić information content (AvgIpc) is 3.43. The highest BCUT2D eigenvalue weighted by Crippen LogP contribution is 2.70. The van der Waals surface area contributed by atoms with Gasteiger partial charge in [0, 0.05) is 38.3 Å². The van der Waals surface area contributed by atoms with Gasteiger partial charge in [-0.3, -0.25) is 9.59 Å². The summed E-state index contributed by atoms with van der Waals surface area (Å²) in [6, 6.07) is 0. The van der Waals surface area contributed by atoms with Gasteiger partial charge in [0.2, 0.25) is 5.91 Å². The lowest BCUT2D eigenvalue weighted by Crippen LogP contribution is -2.52. The number of carbonyl (C=O) groups is 2. The highest BCUT2D eigenvalue weighted by atomic mass is 16.7. The molecule has 4 aliphatic carbocycles. The number of nitrogens with zero attached hydrogens (tertiary/aromatic N) is 1. The lowest BCUT2D eigenvalue weighted by atomic mass is 9.47. The number of allylic oxidation sites excluding steroid dienone is 1. The molecule has 7 rings (SSSR count). The predicted octanol–water partition coefficient (Wildman–Crippen LogP) is 5.90. The summed E-state index contributed by atoms with van der Waals surface area (Å²) >= 11 is 0. The van der Waals surface area contributed by atoms with Crippen molar-refractivity contribution in [2.24, 2.45) is 46.3 Å². The number of morpholine rings is 1. The number of hydrogen-bond acceptors (Lipinski definition) is 6. The first-order valence-corrected chi connectivity index (χ1v) is 17.2. The van der Waals surface area contributed by atoms with Gasteiger partial charge in [-0.1, -0.05) is 39.3 Å². The van der Waals surface area contributed by atoms with Crippen LogP contribution in [0.15, 0.2) is 11.6 Å². The van der Waals surface area contributed by atoms with Gasteiger partial charge < -0.3 is 23.8 Å². The minimum atomic E-state index is -0.343. The molecule has 0 aromatic heterocycles. The topological polar surface area (TPSA) is 74.3 Å². The van der Waals surface area contributed by atoms with Gasteiger partial charge in [0.1, 0.15) is 6.10 Å². The first-order chi connectivity index (χ1) is 20.1. The van der Waals surface area contributed by atoms with Crippen LogP contribution in [0.4, 0.5) is 0 Å². The summed E-state index contributed by atoms with van der Waals surface area (Å²) < 4.78 is 24.7. The fourth-order valence-electron chi connectivity index (χ4n) is 11.2. The Kier molecular flexibility index (Phi) is 7.58. The molecule has 7 aliphatic rings. The van der Waals surface area contributed by atoms with Gasteiger partial charge in [-0.05, 0) is 85.4 Å². The second kappa shape index (κ2) is 10.9. The van der Waals surface area contributed by atoms with Gasteiger partial charge in [-0.2, -0.15) is 0 Å². The number of rotatable bonds is 4. The van der Waals surface area contributed by atoms with Crippen LogP contribution in [0.1, 0.15) is 98.3 Å². The largest absolute Gasteiger partial charge is 0.462 e. The van der Waals surface area contributed by atoms with Gasteiger partial charge in [-0.25, -0.2) is 0 Å². The summed E-state index contributed by atoms with van der Waals surface area (Å²) in [5.41, 5.74) is 2.05. The van der Waals surface area contributed by atoms with Crippen LogP contribution in [0.25, 0.3) is 0 Å². The van der Waals surface area contributed by atoms with E-state index in [0.29, 0.717) is 73.3 Å². The Hall–Kier alpha value is -1.44. The maximum absolute atomic E-state index is 12.7. The Morgan fingerprint density at radius 3 is 2.60 bits per heavy atom. The lowest BCUT2D eigenvalue weighted by molar-refractivity contribution is -0.272. The van der Waals surface area contributed by atoms with E-state index in [1.807, 2.05) is 0 Å². The molecule has 0 radical (unpaired) electrons. The number of carbonyl (C=O) groups excluding carboxylic acids is 2. The third-order valence-electron chi connectivity index (χ3n) is 13.5. The van der Waals surface area contributed by atoms with Crippen LogP contribution in [0.5, 0.6) is 0 Å². The minimum absolute atomic E-state index is 0.0312. The molecule has 3 saturated heterocycles. The highest BCUT2D eigenvalue weighted by molar-refractivity contribution is 5.81. The Balaban J connectivity index is 0.981. The fraction of sp³-hybridized carbons (Fsp3) is 0.886. The lowest BCUT2D eigenvalue weighted by Gasteiger charge is -2.58. The third kappa shape index (κ3) is 4.70. The van der Waals surface area contributed by atoms with Gasteiger partial charge in [-0.15, -0.1) is 0 Å². The predicted molar refractivity (Wildman–Crippen MR) is 158 cm³/mol. The molecule has 11 atom stereocenters. The van der Waals surface area contributed by atoms with Crippen molar-refractivity contribution < 1.29 is 28.5 Å². The van der Waals surface area contributed by atoms with E-state index in [2.05, 4.69) is 33.8 Å². The second-order valence-electron chi connectivity index (χ2n) is 15.6. The zero-order valence-corrected chi connectivity index (χ0v) is 26.4. The average molecular weight is 584 g/mol. The number of fused-ring (bicyclic) bond motifs is 7. The van der Waals surface area contributed by atoms with Crippen molar-refractivity contribution in [2.45, 2.75) is 116 Å². The quantitative estimate of drug-likeness (QED) is 0.303. The Labute approximate surface area is 252 Å². The maximum Gasteiger partial charge on any atom is 0.306 e. The number of esters is 1. The second-order valence-corrected chi connectivity index (χ2v) is 15.6. The van der Waals surface area contributed by atoms with Crippen LogP contribution in [0, 0.1) is 46.3 Å². The normalized spacial score (nSPS) is 48.1. The third-order valence-corrected chi connectivity index (χ3v) is 13.5. The van der Waals surface area contributed by atoms with Gasteiger partial charge in [0.05, 0.1) is 32.3 Å². The van der Waals surface area contributed by atoms with E-state index >= 15 is 0 Å². The molecule has 0 aromatic rings. The SMILES string of the molecule is C[C@@H]1CC[C@@]2(OC1)O[C@H]1C[C@H]3[C@@H]4CC=C5C[C@@H](OC(=O)CCC(=O)N6CCOCC6)CC[C@]5(C)[C@H]4CC[C@]3(C)[C@H]1[C@@H]2C. The fourth-order valence-corrected chi connectivity index (χ4v) is 11.2. The van der Waals surface area contributed by atoms with Crippen molar-refractivity contribution in [2.75, 3.05) is 32.9 Å². The monoisotopic (exact) mass is 583 g/mol. The summed E-state index contributed by atoms with van der Waals surface area (Å²) in [4.78, 5) is 27.0. The molecule has 42 heavy (non-hydrogen) atoms. The molecule has 7 nitrogen and oxygen atoms in total. The van der Waals surface area contributed by atoms with E-state index in [4.69, 9.17) is 18.9 Å². The summed E-state index contributed by atoms with van der Waals surface area (Å²) in [7, 11) is 0. The summed E-state index contributed by atoms with van der Waals surface area (Å²) in [5.74, 6) is 3.28. The molecule has 3 heterocycles. The first kappa shape index (κ1) is 29.3. The van der Waals surface area contributed by atoms with E-state index in [1.54, 1.807) is 4.90 Å². The van der Waals surface area contributed by atoms with Crippen molar-refractivity contribution in [3.8, 4) is 0 Å². The van der Waals surface area contributed by atoms with Crippen molar-refractivity contribution in [1.82, 2.24) is 4.90 Å². The maximum atomic E-state index is 12.7. The van der Waals surface area contributed by atoms with Gasteiger partial charge in [0.15, 0.2) is 5.79 Å². The zero-order chi connectivity index (χ0) is 29.3. The molecule has 234 valence electrons. The van der Waals surface area contributed by atoms with Crippen LogP contribution in [0.2, 0.25) is 0 Å². The Morgan fingerprint density at radius 2 is 1.83 bits per heavy atom. The number of amides is 1. The molecule has 0 N–H and O–H groups in total. The van der Waals surface area contributed by atoms with Crippen LogP contribution in [-0.4, -0.2) is 67.7 Å². The molecule has 3 aliphatic heterocycles. The van der Waals surface area contributed by atoms with E-state index in [1.165, 1.54) is 31.3 Å². The van der Waals surface area contributed by atoms with Crippen LogP contribution < -0.4 is 0 Å². The molecule has 3 saturated carbocycles. The van der Waals surface area contributed by atoms with E-state index in [0.717, 1.165) is 38.7 Å². The van der Waals surface area contributed by atoms with Crippen molar-refractivity contribution in [3.05, 3.63) is 11.6 Å². The van der Waals surface area contributed by atoms with E-state index in [-0.39, 0.29) is 42.0 Å². The van der Waals surface area contributed by atoms with Crippen LogP contribution in [0.3, 0.4) is 0 Å². The van der Waals surface area contributed by atoms with Crippen molar-refractivity contribution >= 4 is 11.9 Å². The summed E-state index contributed by atoms with van der Waals surface area (Å²) in [6.07, 6.45) is 13.3. The number of ether oxygens (including phenoxy) is 4. The summed E-state index contributed by atoms with van der Waals surface area (Å²) in [6.45, 7) is 13.1. The zero-order valence-electron chi connectivity index (χ0n) is 26.4. The molecular formula is C35H53NO6. The van der Waals surface area contributed by atoms with Gasteiger partial charge >= 0.3 is 5.97 Å². The first-order valence-electron chi connectivity index (χ1n) is 17.2. The van der Waals surface area contributed by atoms with Gasteiger partial charge in [0.25, 0.3) is 0 Å². The van der Waals surface area contributed by atoms with Crippen molar-refractivity contribution in [1.29, 1.82) is 0 Å². The molecule has 0 bridgehead atoms. The highest BCUT2D eigenvalue weighted by Gasteiger charge is 2.68. The molecule has 6 fully saturated rings. The molecule has 0 unspecified atom stereocenters. The van der Waals surface area contributed by atoms with E-state index < -0.39 is 0 Å². The summed E-state index contributed by atoms with van der Waals surface area (Å²) in [5, 5.41) is 0. The minimum Gasteiger partial charge on any atom is -0.462 e. The molecular weight excluding hydrogens is 530 g/mol. The standard InChI is InChI=1S/C35H53NO6/c1-22-9-14-35(40-21-22)23(2)32-29(42-35)20-28-26-6-5-24-19-25(10-12-33(24,3)27(26)11-13-34(28,32)4)41-31(38)8-7-30(37)36-15-17-39-18-16-36/h5,22-23,25-29,32H,6-21H2,1-4H3/t22-,23+,25+,26-,27+,28+,29+,32+,33+,34+,35-/m1/s1. The Bertz CT molecular complexity index is 1090.